The van der Waals surface area contributed by atoms with Crippen molar-refractivity contribution < 1.29 is 17.6 Å². The highest BCUT2D eigenvalue weighted by Gasteiger charge is 2.29. The van der Waals surface area contributed by atoms with Crippen LogP contribution in [0.15, 0.2) is 24.3 Å². The third-order valence-corrected chi connectivity index (χ3v) is 4.24. The molecule has 0 spiro atoms. The van der Waals surface area contributed by atoms with Crippen molar-refractivity contribution in [2.45, 2.75) is 24.9 Å². The number of amides is 1. The lowest BCUT2D eigenvalue weighted by Gasteiger charge is -2.11. The van der Waals surface area contributed by atoms with Crippen molar-refractivity contribution >= 4 is 15.9 Å². The first-order valence-electron chi connectivity index (χ1n) is 7.34. The van der Waals surface area contributed by atoms with Gasteiger partial charge in [0.1, 0.15) is 11.9 Å². The maximum atomic E-state index is 12.9. The van der Waals surface area contributed by atoms with E-state index in [0.29, 0.717) is 19.4 Å². The minimum absolute atomic E-state index is 0.0572. The first-order valence-corrected chi connectivity index (χ1v) is 9.23. The molecule has 1 aromatic carbocycles. The normalized spacial score (nSPS) is 21.3. The maximum Gasteiger partial charge on any atom is 0.238 e. The minimum atomic E-state index is -3.19. The number of carbonyl (C=O) groups is 1. The second kappa shape index (κ2) is 7.82. The van der Waals surface area contributed by atoms with Crippen LogP contribution in [0, 0.1) is 5.82 Å². The average Bonchev–Trinajstić information content (AvgIpc) is 2.96. The number of sulfonamides is 1. The highest BCUT2D eigenvalue weighted by molar-refractivity contribution is 7.88. The molecule has 1 fully saturated rings. The zero-order chi connectivity index (χ0) is 16.9. The van der Waals surface area contributed by atoms with E-state index in [1.165, 1.54) is 12.1 Å². The molecule has 23 heavy (non-hydrogen) atoms. The summed E-state index contributed by atoms with van der Waals surface area (Å²) < 4.78 is 37.1. The lowest BCUT2D eigenvalue weighted by molar-refractivity contribution is -0.122. The molecule has 1 heterocycles. The number of nitrogens with one attached hydrogen (secondary N) is 4. The summed E-state index contributed by atoms with van der Waals surface area (Å²) in [6, 6.07) is 5.71. The van der Waals surface area contributed by atoms with Gasteiger partial charge >= 0.3 is 0 Å². The molecule has 2 rings (SSSR count). The van der Waals surface area contributed by atoms with E-state index in [4.69, 9.17) is 0 Å². The van der Waals surface area contributed by atoms with Crippen LogP contribution in [0.4, 0.5) is 4.39 Å². The first kappa shape index (κ1) is 17.8. The number of hydrogen-bond donors (Lipinski definition) is 4. The van der Waals surface area contributed by atoms with Gasteiger partial charge in [0.2, 0.25) is 15.9 Å². The fraction of sp³-hybridized carbons (Fsp3) is 0.500. The molecule has 0 saturated carbocycles. The summed E-state index contributed by atoms with van der Waals surface area (Å²) in [5.41, 5.74) is 6.85. The summed E-state index contributed by atoms with van der Waals surface area (Å²) in [4.78, 5) is 12.0. The lowest BCUT2D eigenvalue weighted by Crippen LogP contribution is -2.43. The number of carbonyl (C=O) groups excluding carboxylic acids is 1. The van der Waals surface area contributed by atoms with Crippen molar-refractivity contribution in [1.29, 1.82) is 0 Å². The Labute approximate surface area is 135 Å². The predicted molar refractivity (Wildman–Crippen MR) is 84.3 cm³/mol. The van der Waals surface area contributed by atoms with Crippen molar-refractivity contribution in [2.24, 2.45) is 0 Å². The van der Waals surface area contributed by atoms with E-state index in [2.05, 4.69) is 20.9 Å². The fourth-order valence-electron chi connectivity index (χ4n) is 2.32. The SMILES string of the molecule is CS(=O)(=O)NCCCNC(=O)C1CC(c2ccc(F)cc2)NN1. The van der Waals surface area contributed by atoms with Crippen LogP contribution in [-0.2, 0) is 14.8 Å². The highest BCUT2D eigenvalue weighted by Crippen LogP contribution is 2.22. The Morgan fingerprint density at radius 1 is 1.26 bits per heavy atom. The summed E-state index contributed by atoms with van der Waals surface area (Å²) >= 11 is 0. The van der Waals surface area contributed by atoms with E-state index >= 15 is 0 Å². The Bertz CT molecular complexity index is 636. The number of halogens is 1. The first-order chi connectivity index (χ1) is 10.8. The molecule has 4 N–H and O–H groups in total. The zero-order valence-corrected chi connectivity index (χ0v) is 13.6. The molecule has 1 aliphatic heterocycles. The number of benzene rings is 1. The van der Waals surface area contributed by atoms with E-state index < -0.39 is 10.0 Å². The van der Waals surface area contributed by atoms with Gasteiger partial charge < -0.3 is 5.32 Å². The van der Waals surface area contributed by atoms with Crippen LogP contribution in [0.5, 0.6) is 0 Å². The molecule has 1 aliphatic rings. The molecule has 7 nitrogen and oxygen atoms in total. The molecular formula is C14H21FN4O3S. The molecule has 2 atom stereocenters. The molecule has 0 bridgehead atoms. The fourth-order valence-corrected chi connectivity index (χ4v) is 2.84. The molecule has 0 aliphatic carbocycles. The summed E-state index contributed by atoms with van der Waals surface area (Å²) in [5, 5.41) is 2.76. The minimum Gasteiger partial charge on any atom is -0.355 e. The van der Waals surface area contributed by atoms with Crippen molar-refractivity contribution in [1.82, 2.24) is 20.9 Å². The van der Waals surface area contributed by atoms with Crippen LogP contribution in [0.2, 0.25) is 0 Å². The van der Waals surface area contributed by atoms with Crippen LogP contribution in [0.3, 0.4) is 0 Å². The van der Waals surface area contributed by atoms with Gasteiger partial charge in [0, 0.05) is 19.1 Å². The molecule has 0 aromatic heterocycles. The van der Waals surface area contributed by atoms with Gasteiger partial charge in [-0.2, -0.15) is 0 Å². The molecule has 9 heteroatoms. The van der Waals surface area contributed by atoms with Crippen molar-refractivity contribution in [3.8, 4) is 0 Å². The number of hydrazine groups is 1. The molecular weight excluding hydrogens is 323 g/mol. The molecule has 2 unspecified atom stereocenters. The quantitative estimate of drug-likeness (QED) is 0.513. The van der Waals surface area contributed by atoms with E-state index in [-0.39, 0.29) is 30.4 Å². The number of hydrogen-bond acceptors (Lipinski definition) is 5. The van der Waals surface area contributed by atoms with Gasteiger partial charge in [-0.3, -0.25) is 4.79 Å². The van der Waals surface area contributed by atoms with Crippen molar-refractivity contribution in [3.63, 3.8) is 0 Å². The van der Waals surface area contributed by atoms with Crippen molar-refractivity contribution in [2.75, 3.05) is 19.3 Å². The zero-order valence-electron chi connectivity index (χ0n) is 12.8. The largest absolute Gasteiger partial charge is 0.355 e. The highest BCUT2D eigenvalue weighted by atomic mass is 32.2. The van der Waals surface area contributed by atoms with E-state index in [0.717, 1.165) is 11.8 Å². The smallest absolute Gasteiger partial charge is 0.238 e. The van der Waals surface area contributed by atoms with Gasteiger partial charge in [0.05, 0.1) is 6.26 Å². The second-order valence-electron chi connectivity index (χ2n) is 5.49. The Morgan fingerprint density at radius 3 is 2.61 bits per heavy atom. The third-order valence-electron chi connectivity index (χ3n) is 3.51. The molecule has 1 saturated heterocycles. The Morgan fingerprint density at radius 2 is 1.96 bits per heavy atom. The Kier molecular flexibility index (Phi) is 6.05. The van der Waals surface area contributed by atoms with Crippen LogP contribution in [-0.4, -0.2) is 39.7 Å². The van der Waals surface area contributed by atoms with Crippen LogP contribution >= 0.6 is 0 Å². The van der Waals surface area contributed by atoms with Crippen molar-refractivity contribution in [3.05, 3.63) is 35.6 Å². The van der Waals surface area contributed by atoms with Gasteiger partial charge in [-0.25, -0.2) is 28.4 Å². The van der Waals surface area contributed by atoms with Crippen LogP contribution in [0.25, 0.3) is 0 Å². The molecule has 1 amide bonds. The monoisotopic (exact) mass is 344 g/mol. The second-order valence-corrected chi connectivity index (χ2v) is 7.33. The molecule has 1 aromatic rings. The molecule has 128 valence electrons. The number of rotatable bonds is 7. The van der Waals surface area contributed by atoms with E-state index in [9.17, 15) is 17.6 Å². The summed E-state index contributed by atoms with van der Waals surface area (Å²) in [7, 11) is -3.19. The maximum absolute atomic E-state index is 12.9. The summed E-state index contributed by atoms with van der Waals surface area (Å²) in [6.45, 7) is 0.675. The standard InChI is InChI=1S/C14H21FN4O3S/c1-23(21,22)17-8-2-7-16-14(20)13-9-12(18-19-13)10-3-5-11(15)6-4-10/h3-6,12-13,17-19H,2,7-9H2,1H3,(H,16,20). The topological polar surface area (TPSA) is 99.3 Å². The van der Waals surface area contributed by atoms with E-state index in [1.807, 2.05) is 0 Å². The van der Waals surface area contributed by atoms with Gasteiger partial charge in [-0.1, -0.05) is 12.1 Å². The van der Waals surface area contributed by atoms with Crippen LogP contribution < -0.4 is 20.9 Å². The van der Waals surface area contributed by atoms with Crippen LogP contribution in [0.1, 0.15) is 24.4 Å². The summed E-state index contributed by atoms with van der Waals surface area (Å²) in [6.07, 6.45) is 2.16. The van der Waals surface area contributed by atoms with Gasteiger partial charge in [-0.15, -0.1) is 0 Å². The van der Waals surface area contributed by atoms with E-state index in [1.54, 1.807) is 12.1 Å². The Balaban J connectivity index is 1.71. The van der Waals surface area contributed by atoms with Gasteiger partial charge in [-0.05, 0) is 30.5 Å². The average molecular weight is 344 g/mol. The predicted octanol–water partition coefficient (Wildman–Crippen LogP) is -0.211. The summed E-state index contributed by atoms with van der Waals surface area (Å²) in [5.74, 6) is -0.446. The lowest BCUT2D eigenvalue weighted by atomic mass is 10.0. The Hall–Kier alpha value is -1.55. The molecule has 0 radical (unpaired) electrons. The van der Waals surface area contributed by atoms with Gasteiger partial charge in [0.15, 0.2) is 0 Å². The third kappa shape index (κ3) is 5.87. The van der Waals surface area contributed by atoms with Gasteiger partial charge in [0.25, 0.3) is 0 Å².